The van der Waals surface area contributed by atoms with Crippen LogP contribution in [0.3, 0.4) is 0 Å². The smallest absolute Gasteiger partial charge is 0.360 e. The maximum Gasteiger partial charge on any atom is 0.360 e. The Morgan fingerprint density at radius 2 is 1.85 bits per heavy atom. The molecule has 1 aromatic heterocycles. The zero-order valence-electron chi connectivity index (χ0n) is 12.1. The number of imidazole rings is 1. The van der Waals surface area contributed by atoms with E-state index in [-0.39, 0.29) is 30.5 Å². The van der Waals surface area contributed by atoms with Gasteiger partial charge in [-0.25, -0.2) is 9.78 Å². The fraction of sp³-hybridized carbons (Fsp3) is 0.615. The second kappa shape index (κ2) is 7.52. The molecule has 7 nitrogen and oxygen atoms in total. The van der Waals surface area contributed by atoms with Gasteiger partial charge in [-0.2, -0.15) is 0 Å². The molecular formula is C13H21N3O4. The van der Waals surface area contributed by atoms with Gasteiger partial charge in [-0.1, -0.05) is 6.92 Å². The van der Waals surface area contributed by atoms with E-state index in [1.165, 1.54) is 0 Å². The molecule has 20 heavy (non-hydrogen) atoms. The number of hydrogen-bond donors (Lipinski definition) is 1. The van der Waals surface area contributed by atoms with E-state index in [9.17, 15) is 9.59 Å². The van der Waals surface area contributed by atoms with E-state index >= 15 is 0 Å². The zero-order valence-corrected chi connectivity index (χ0v) is 12.1. The number of nitrogens with zero attached hydrogens (tertiary/aromatic N) is 2. The average molecular weight is 283 g/mol. The van der Waals surface area contributed by atoms with Crippen molar-refractivity contribution in [1.29, 1.82) is 0 Å². The number of anilines is 1. The van der Waals surface area contributed by atoms with Crippen LogP contribution in [0.4, 0.5) is 5.82 Å². The molecule has 0 aromatic carbocycles. The fourth-order valence-electron chi connectivity index (χ4n) is 1.82. The summed E-state index contributed by atoms with van der Waals surface area (Å²) < 4.78 is 11.4. The summed E-state index contributed by atoms with van der Waals surface area (Å²) in [6.07, 6.45) is 0.788. The van der Waals surface area contributed by atoms with Crippen molar-refractivity contribution < 1.29 is 19.1 Å². The third-order valence-electron chi connectivity index (χ3n) is 2.72. The molecular weight excluding hydrogens is 262 g/mol. The normalized spacial score (nSPS) is 10.3. The predicted octanol–water partition coefficient (Wildman–Crippen LogP) is 1.16. The largest absolute Gasteiger partial charge is 0.466 e. The van der Waals surface area contributed by atoms with Crippen LogP contribution < -0.4 is 5.73 Å². The highest BCUT2D eigenvalue weighted by atomic mass is 16.5. The second-order valence-corrected chi connectivity index (χ2v) is 4.04. The van der Waals surface area contributed by atoms with Crippen molar-refractivity contribution in [3.63, 3.8) is 0 Å². The maximum absolute atomic E-state index is 11.7. The Bertz CT molecular complexity index is 482. The maximum atomic E-state index is 11.7. The highest BCUT2D eigenvalue weighted by molar-refractivity contribution is 5.92. The number of carbonyl (C=O) groups is 2. The van der Waals surface area contributed by atoms with Gasteiger partial charge in [-0.3, -0.25) is 4.79 Å². The molecule has 2 N–H and O–H groups in total. The summed E-state index contributed by atoms with van der Waals surface area (Å²) in [7, 11) is 0. The minimum absolute atomic E-state index is 0.104. The molecule has 0 spiro atoms. The van der Waals surface area contributed by atoms with Gasteiger partial charge in [-0.15, -0.1) is 0 Å². The summed E-state index contributed by atoms with van der Waals surface area (Å²) in [6, 6.07) is 0. The third kappa shape index (κ3) is 3.72. The summed E-state index contributed by atoms with van der Waals surface area (Å²) in [5.41, 5.74) is 6.02. The van der Waals surface area contributed by atoms with Crippen LogP contribution in [0.15, 0.2) is 0 Å². The standard InChI is InChI=1S/C13H21N3O4/c1-4-9-15-11(13(18)20-6-3)12(14)16(9)8-7-10(17)19-5-2/h4-8,14H2,1-3H3. The molecule has 1 aromatic rings. The van der Waals surface area contributed by atoms with Crippen molar-refractivity contribution in [2.45, 2.75) is 40.2 Å². The van der Waals surface area contributed by atoms with Crippen LogP contribution in [0.5, 0.6) is 0 Å². The van der Waals surface area contributed by atoms with Crippen molar-refractivity contribution in [1.82, 2.24) is 9.55 Å². The van der Waals surface area contributed by atoms with Crippen molar-refractivity contribution in [2.75, 3.05) is 18.9 Å². The van der Waals surface area contributed by atoms with Gasteiger partial charge in [0.25, 0.3) is 0 Å². The highest BCUT2D eigenvalue weighted by Gasteiger charge is 2.21. The average Bonchev–Trinajstić information content (AvgIpc) is 2.73. The lowest BCUT2D eigenvalue weighted by Crippen LogP contribution is -2.13. The van der Waals surface area contributed by atoms with Crippen LogP contribution >= 0.6 is 0 Å². The van der Waals surface area contributed by atoms with E-state index in [2.05, 4.69) is 4.98 Å². The van der Waals surface area contributed by atoms with Gasteiger partial charge in [0.1, 0.15) is 11.6 Å². The Morgan fingerprint density at radius 1 is 1.20 bits per heavy atom. The van der Waals surface area contributed by atoms with Crippen LogP contribution in [0.2, 0.25) is 0 Å². The second-order valence-electron chi connectivity index (χ2n) is 4.04. The summed E-state index contributed by atoms with van der Waals surface area (Å²) in [5.74, 6) is 0.0226. The van der Waals surface area contributed by atoms with E-state index in [0.717, 1.165) is 0 Å². The molecule has 1 heterocycles. The first kappa shape index (κ1) is 16.0. The molecule has 0 unspecified atom stereocenters. The monoisotopic (exact) mass is 283 g/mol. The summed E-state index contributed by atoms with van der Waals surface area (Å²) >= 11 is 0. The number of aryl methyl sites for hydroxylation is 1. The first-order valence-corrected chi connectivity index (χ1v) is 6.72. The van der Waals surface area contributed by atoms with E-state index < -0.39 is 5.97 Å². The number of carbonyl (C=O) groups excluding carboxylic acids is 2. The molecule has 0 atom stereocenters. The molecule has 0 radical (unpaired) electrons. The van der Waals surface area contributed by atoms with E-state index in [4.69, 9.17) is 15.2 Å². The van der Waals surface area contributed by atoms with Crippen molar-refractivity contribution >= 4 is 17.8 Å². The fourth-order valence-corrected chi connectivity index (χ4v) is 1.82. The van der Waals surface area contributed by atoms with Crippen LogP contribution in [-0.2, 0) is 27.2 Å². The Kier molecular flexibility index (Phi) is 6.02. The number of nitrogens with two attached hydrogens (primary N) is 1. The Labute approximate surface area is 118 Å². The molecule has 0 aliphatic carbocycles. The minimum Gasteiger partial charge on any atom is -0.466 e. The van der Waals surface area contributed by atoms with Crippen LogP contribution in [-0.4, -0.2) is 34.7 Å². The Hall–Kier alpha value is -2.05. The number of aromatic nitrogens is 2. The first-order chi connectivity index (χ1) is 9.54. The van der Waals surface area contributed by atoms with Gasteiger partial charge in [0.15, 0.2) is 5.69 Å². The molecule has 0 fully saturated rings. The molecule has 1 rings (SSSR count). The number of hydrogen-bond acceptors (Lipinski definition) is 6. The number of esters is 2. The van der Waals surface area contributed by atoms with Gasteiger partial charge in [-0.05, 0) is 13.8 Å². The van der Waals surface area contributed by atoms with E-state index in [1.807, 2.05) is 6.92 Å². The summed E-state index contributed by atoms with van der Waals surface area (Å²) in [5, 5.41) is 0. The van der Waals surface area contributed by atoms with Crippen molar-refractivity contribution in [3.05, 3.63) is 11.5 Å². The van der Waals surface area contributed by atoms with Gasteiger partial charge < -0.3 is 19.8 Å². The van der Waals surface area contributed by atoms with Crippen LogP contribution in [0.1, 0.15) is 43.5 Å². The third-order valence-corrected chi connectivity index (χ3v) is 2.72. The quantitative estimate of drug-likeness (QED) is 0.754. The van der Waals surface area contributed by atoms with Crippen LogP contribution in [0.25, 0.3) is 0 Å². The summed E-state index contributed by atoms with van der Waals surface area (Å²) in [4.78, 5) is 27.3. The zero-order chi connectivity index (χ0) is 15.1. The molecule has 7 heteroatoms. The van der Waals surface area contributed by atoms with Gasteiger partial charge in [0.05, 0.1) is 19.6 Å². The lowest BCUT2D eigenvalue weighted by Gasteiger charge is -2.08. The Morgan fingerprint density at radius 3 is 2.40 bits per heavy atom. The summed E-state index contributed by atoms with van der Waals surface area (Å²) in [6.45, 7) is 6.30. The molecule has 0 amide bonds. The number of nitrogen functional groups attached to an aromatic ring is 1. The molecule has 0 saturated heterocycles. The van der Waals surface area contributed by atoms with Crippen molar-refractivity contribution in [3.8, 4) is 0 Å². The topological polar surface area (TPSA) is 96.4 Å². The first-order valence-electron chi connectivity index (χ1n) is 6.72. The highest BCUT2D eigenvalue weighted by Crippen LogP contribution is 2.17. The minimum atomic E-state index is -0.547. The number of rotatable bonds is 7. The molecule has 0 bridgehead atoms. The molecule has 112 valence electrons. The SMILES string of the molecule is CCOC(=O)CCn1c(CC)nc(C(=O)OCC)c1N. The number of ether oxygens (including phenoxy) is 2. The predicted molar refractivity (Wildman–Crippen MR) is 73.2 cm³/mol. The molecule has 0 aliphatic heterocycles. The van der Waals surface area contributed by atoms with Crippen molar-refractivity contribution in [2.24, 2.45) is 0 Å². The van der Waals surface area contributed by atoms with Gasteiger partial charge >= 0.3 is 11.9 Å². The molecule has 0 aliphatic rings. The van der Waals surface area contributed by atoms with Gasteiger partial charge in [0, 0.05) is 13.0 Å². The lowest BCUT2D eigenvalue weighted by molar-refractivity contribution is -0.143. The van der Waals surface area contributed by atoms with E-state index in [0.29, 0.717) is 25.4 Å². The molecule has 0 saturated carbocycles. The van der Waals surface area contributed by atoms with Crippen LogP contribution in [0, 0.1) is 0 Å². The Balaban J connectivity index is 2.89. The lowest BCUT2D eigenvalue weighted by atomic mass is 10.4. The van der Waals surface area contributed by atoms with E-state index in [1.54, 1.807) is 18.4 Å². The van der Waals surface area contributed by atoms with Gasteiger partial charge in [0.2, 0.25) is 0 Å².